The van der Waals surface area contributed by atoms with Crippen LogP contribution in [0.4, 0.5) is 0 Å². The molecule has 1 aromatic carbocycles. The molecule has 1 atom stereocenters. The van der Waals surface area contributed by atoms with Crippen molar-refractivity contribution in [3.63, 3.8) is 0 Å². The highest BCUT2D eigenvalue weighted by Gasteiger charge is 2.19. The summed E-state index contributed by atoms with van der Waals surface area (Å²) in [5, 5.41) is 5.22. The number of benzene rings is 1. The van der Waals surface area contributed by atoms with Gasteiger partial charge in [0.1, 0.15) is 0 Å². The van der Waals surface area contributed by atoms with Gasteiger partial charge in [0.2, 0.25) is 6.79 Å². The van der Waals surface area contributed by atoms with E-state index in [2.05, 4.69) is 10.6 Å². The van der Waals surface area contributed by atoms with Gasteiger partial charge in [-0.05, 0) is 36.8 Å². The van der Waals surface area contributed by atoms with Gasteiger partial charge in [0, 0.05) is 13.1 Å². The highest BCUT2D eigenvalue weighted by atomic mass is 16.7. The van der Waals surface area contributed by atoms with Crippen LogP contribution in [-0.2, 0) is 20.9 Å². The number of esters is 1. The average Bonchev–Trinajstić information content (AvgIpc) is 3.37. The summed E-state index contributed by atoms with van der Waals surface area (Å²) in [5.41, 5.74) is 0.830. The second kappa shape index (κ2) is 8.94. The molecule has 0 bridgehead atoms. The third-order valence-electron chi connectivity index (χ3n) is 3.94. The molecular formula is C19H20N2O7. The molecule has 9 heteroatoms. The molecule has 9 nitrogen and oxygen atoms in total. The summed E-state index contributed by atoms with van der Waals surface area (Å²) in [7, 11) is 0. The molecule has 2 heterocycles. The van der Waals surface area contributed by atoms with Gasteiger partial charge in [-0.3, -0.25) is 14.4 Å². The van der Waals surface area contributed by atoms with Gasteiger partial charge in [-0.2, -0.15) is 0 Å². The fourth-order valence-electron chi connectivity index (χ4n) is 2.47. The minimum absolute atomic E-state index is 0.0633. The largest absolute Gasteiger partial charge is 0.459 e. The van der Waals surface area contributed by atoms with E-state index in [9.17, 15) is 14.4 Å². The first-order valence-corrected chi connectivity index (χ1v) is 8.70. The second-order valence-corrected chi connectivity index (χ2v) is 6.02. The monoisotopic (exact) mass is 388 g/mol. The number of hydrogen-bond donors (Lipinski definition) is 2. The second-order valence-electron chi connectivity index (χ2n) is 6.02. The van der Waals surface area contributed by atoms with Gasteiger partial charge >= 0.3 is 5.97 Å². The number of fused-ring (bicyclic) bond motifs is 1. The molecule has 0 saturated heterocycles. The standard InChI is InChI=1S/C19H20N2O7/c1-12(28-17(22)6-7-20-19(24)15-3-2-8-25-15)18(23)21-10-13-4-5-14-16(9-13)27-11-26-14/h2-5,8-9,12H,6-7,10-11H2,1H3,(H,20,24)(H,21,23). The van der Waals surface area contributed by atoms with Gasteiger partial charge in [0.05, 0.1) is 12.7 Å². The van der Waals surface area contributed by atoms with Gasteiger partial charge in [-0.1, -0.05) is 6.07 Å². The molecule has 2 amide bonds. The predicted molar refractivity (Wildman–Crippen MR) is 95.6 cm³/mol. The van der Waals surface area contributed by atoms with E-state index in [1.807, 2.05) is 6.07 Å². The molecule has 1 aliphatic rings. The van der Waals surface area contributed by atoms with Gasteiger partial charge in [-0.15, -0.1) is 0 Å². The predicted octanol–water partition coefficient (Wildman–Crippen LogP) is 1.38. The van der Waals surface area contributed by atoms with E-state index in [4.69, 9.17) is 18.6 Å². The quantitative estimate of drug-likeness (QED) is 0.656. The van der Waals surface area contributed by atoms with E-state index in [1.165, 1.54) is 19.3 Å². The Kier molecular flexibility index (Phi) is 6.15. The number of ether oxygens (including phenoxy) is 3. The van der Waals surface area contributed by atoms with E-state index in [0.717, 1.165) is 5.56 Å². The number of rotatable bonds is 8. The molecule has 0 fully saturated rings. The van der Waals surface area contributed by atoms with E-state index >= 15 is 0 Å². The van der Waals surface area contributed by atoms with Crippen molar-refractivity contribution in [2.24, 2.45) is 0 Å². The molecule has 0 saturated carbocycles. The van der Waals surface area contributed by atoms with Crippen molar-refractivity contribution < 1.29 is 33.0 Å². The lowest BCUT2D eigenvalue weighted by molar-refractivity contribution is -0.154. The lowest BCUT2D eigenvalue weighted by Gasteiger charge is -2.14. The van der Waals surface area contributed by atoms with Crippen LogP contribution in [0.1, 0.15) is 29.5 Å². The third kappa shape index (κ3) is 5.03. The highest BCUT2D eigenvalue weighted by Crippen LogP contribution is 2.32. The minimum Gasteiger partial charge on any atom is -0.459 e. The Morgan fingerprint density at radius 1 is 1.14 bits per heavy atom. The zero-order valence-electron chi connectivity index (χ0n) is 15.2. The minimum atomic E-state index is -0.956. The molecule has 2 aromatic rings. The van der Waals surface area contributed by atoms with Gasteiger partial charge < -0.3 is 29.3 Å². The summed E-state index contributed by atoms with van der Waals surface area (Å²) in [6, 6.07) is 8.46. The summed E-state index contributed by atoms with van der Waals surface area (Å²) in [6.07, 6.45) is 0.363. The van der Waals surface area contributed by atoms with E-state index in [1.54, 1.807) is 18.2 Å². The number of furan rings is 1. The highest BCUT2D eigenvalue weighted by molar-refractivity contribution is 5.91. The summed E-state index contributed by atoms with van der Waals surface area (Å²) in [4.78, 5) is 35.6. The van der Waals surface area contributed by atoms with Crippen LogP contribution in [0.15, 0.2) is 41.0 Å². The average molecular weight is 388 g/mol. The molecule has 0 aliphatic carbocycles. The summed E-state index contributed by atoms with van der Waals surface area (Å²) in [5.74, 6) is 0.00685. The summed E-state index contributed by atoms with van der Waals surface area (Å²) in [6.45, 7) is 1.99. The Labute approximate surface area is 160 Å². The van der Waals surface area contributed by atoms with Crippen molar-refractivity contribution in [2.75, 3.05) is 13.3 Å². The maximum Gasteiger partial charge on any atom is 0.308 e. The number of carbonyl (C=O) groups excluding carboxylic acids is 3. The molecule has 1 aromatic heterocycles. The van der Waals surface area contributed by atoms with Crippen molar-refractivity contribution >= 4 is 17.8 Å². The first-order valence-electron chi connectivity index (χ1n) is 8.70. The molecule has 1 aliphatic heterocycles. The Morgan fingerprint density at radius 2 is 1.96 bits per heavy atom. The topological polar surface area (TPSA) is 116 Å². The zero-order chi connectivity index (χ0) is 19.9. The van der Waals surface area contributed by atoms with Crippen LogP contribution in [0.3, 0.4) is 0 Å². The SMILES string of the molecule is CC(OC(=O)CCNC(=O)c1ccco1)C(=O)NCc1ccc2c(c1)OCO2. The Bertz CT molecular complexity index is 848. The van der Waals surface area contributed by atoms with E-state index in [-0.39, 0.29) is 32.1 Å². The molecule has 2 N–H and O–H groups in total. The maximum atomic E-state index is 12.1. The Morgan fingerprint density at radius 3 is 2.75 bits per heavy atom. The number of nitrogens with one attached hydrogen (secondary N) is 2. The lowest BCUT2D eigenvalue weighted by atomic mass is 10.2. The molecule has 28 heavy (non-hydrogen) atoms. The molecular weight excluding hydrogens is 368 g/mol. The van der Waals surface area contributed by atoms with Crippen molar-refractivity contribution in [1.29, 1.82) is 0 Å². The molecule has 1 unspecified atom stereocenters. The van der Waals surface area contributed by atoms with Gasteiger partial charge in [0.25, 0.3) is 11.8 Å². The lowest BCUT2D eigenvalue weighted by Crippen LogP contribution is -2.36. The summed E-state index contributed by atoms with van der Waals surface area (Å²) >= 11 is 0. The van der Waals surface area contributed by atoms with Crippen LogP contribution in [0.2, 0.25) is 0 Å². The fraction of sp³-hybridized carbons (Fsp3) is 0.316. The van der Waals surface area contributed by atoms with Crippen LogP contribution >= 0.6 is 0 Å². The van der Waals surface area contributed by atoms with Crippen LogP contribution in [0.25, 0.3) is 0 Å². The Balaban J connectivity index is 1.36. The third-order valence-corrected chi connectivity index (χ3v) is 3.94. The first kappa shape index (κ1) is 19.3. The van der Waals surface area contributed by atoms with Gasteiger partial charge in [-0.25, -0.2) is 0 Å². The van der Waals surface area contributed by atoms with Crippen molar-refractivity contribution in [3.8, 4) is 11.5 Å². The van der Waals surface area contributed by atoms with E-state index in [0.29, 0.717) is 11.5 Å². The summed E-state index contributed by atoms with van der Waals surface area (Å²) < 4.78 is 20.5. The van der Waals surface area contributed by atoms with Crippen molar-refractivity contribution in [3.05, 3.63) is 47.9 Å². The first-order chi connectivity index (χ1) is 13.5. The maximum absolute atomic E-state index is 12.1. The van der Waals surface area contributed by atoms with Crippen molar-refractivity contribution in [2.45, 2.75) is 26.0 Å². The van der Waals surface area contributed by atoms with Crippen LogP contribution in [-0.4, -0.2) is 37.2 Å². The normalized spacial score (nSPS) is 12.9. The van der Waals surface area contributed by atoms with Crippen LogP contribution < -0.4 is 20.1 Å². The smallest absolute Gasteiger partial charge is 0.308 e. The van der Waals surface area contributed by atoms with Crippen LogP contribution in [0, 0.1) is 0 Å². The van der Waals surface area contributed by atoms with Crippen molar-refractivity contribution in [1.82, 2.24) is 10.6 Å². The number of amides is 2. The van der Waals surface area contributed by atoms with Crippen LogP contribution in [0.5, 0.6) is 11.5 Å². The Hall–Kier alpha value is -3.49. The molecule has 148 valence electrons. The molecule has 0 spiro atoms. The fourth-order valence-corrected chi connectivity index (χ4v) is 2.47. The van der Waals surface area contributed by atoms with E-state index < -0.39 is 23.9 Å². The molecule has 3 rings (SSSR count). The zero-order valence-corrected chi connectivity index (χ0v) is 15.2. The molecule has 0 radical (unpaired) electrons. The number of hydrogen-bond acceptors (Lipinski definition) is 7. The number of carbonyl (C=O) groups is 3. The van der Waals surface area contributed by atoms with Gasteiger partial charge in [0.15, 0.2) is 23.4 Å².